The second kappa shape index (κ2) is 8.81. The highest BCUT2D eigenvalue weighted by molar-refractivity contribution is 9.09. The molecule has 0 aromatic heterocycles. The van der Waals surface area contributed by atoms with E-state index in [-0.39, 0.29) is 16.9 Å². The summed E-state index contributed by atoms with van der Waals surface area (Å²) in [5.41, 5.74) is 3.61. The van der Waals surface area contributed by atoms with Gasteiger partial charge >= 0.3 is 0 Å². The monoisotopic (exact) mass is 448 g/mol. The summed E-state index contributed by atoms with van der Waals surface area (Å²) in [7, 11) is 0. The maximum absolute atomic E-state index is 9.62. The summed E-state index contributed by atoms with van der Waals surface area (Å²) in [5.74, 6) is 2.28. The van der Waals surface area contributed by atoms with Crippen LogP contribution in [-0.2, 0) is 5.41 Å². The summed E-state index contributed by atoms with van der Waals surface area (Å²) >= 11 is 3.46. The molecule has 2 bridgehead atoms. The lowest BCUT2D eigenvalue weighted by Gasteiger charge is -2.56. The number of allylic oxidation sites excluding steroid dienone is 2. The van der Waals surface area contributed by atoms with Gasteiger partial charge in [-0.3, -0.25) is 0 Å². The van der Waals surface area contributed by atoms with Crippen LogP contribution in [0.3, 0.4) is 0 Å². The summed E-state index contributed by atoms with van der Waals surface area (Å²) in [6.07, 6.45) is 13.7. The summed E-state index contributed by atoms with van der Waals surface area (Å²) in [6, 6.07) is 5.05. The zero-order valence-corrected chi connectivity index (χ0v) is 19.4. The van der Waals surface area contributed by atoms with Crippen LogP contribution in [-0.4, -0.2) is 15.5 Å². The Balaban J connectivity index is 0.000000188. The van der Waals surface area contributed by atoms with Crippen LogP contribution in [0.25, 0.3) is 0 Å². The Kier molecular flexibility index (Phi) is 6.84. The lowest BCUT2D eigenvalue weighted by atomic mass is 9.49. The number of alkyl halides is 1. The maximum Gasteiger partial charge on any atom is 0.119 e. The number of benzene rings is 1. The third-order valence-electron chi connectivity index (χ3n) is 7.86. The van der Waals surface area contributed by atoms with Crippen LogP contribution in [0.4, 0.5) is 0 Å². The van der Waals surface area contributed by atoms with Gasteiger partial charge in [0.2, 0.25) is 0 Å². The highest BCUT2D eigenvalue weighted by Gasteiger charge is 2.49. The molecule has 1 aromatic carbocycles. The molecule has 2 saturated carbocycles. The molecule has 28 heavy (non-hydrogen) atoms. The molecule has 5 rings (SSSR count). The van der Waals surface area contributed by atoms with Crippen molar-refractivity contribution in [2.24, 2.45) is 17.3 Å². The second-order valence-corrected chi connectivity index (χ2v) is 10.7. The van der Waals surface area contributed by atoms with E-state index in [4.69, 9.17) is 0 Å². The number of unbranched alkanes of at least 4 members (excludes halogenated alkanes) is 2. The van der Waals surface area contributed by atoms with Crippen LogP contribution in [0.1, 0.15) is 84.1 Å². The van der Waals surface area contributed by atoms with E-state index >= 15 is 0 Å². The van der Waals surface area contributed by atoms with Gasteiger partial charge in [0.25, 0.3) is 0 Å². The zero-order valence-electron chi connectivity index (χ0n) is 17.8. The fourth-order valence-corrected chi connectivity index (χ4v) is 5.98. The molecule has 2 nitrogen and oxygen atoms in total. The van der Waals surface area contributed by atoms with Crippen LogP contribution >= 0.6 is 15.9 Å². The summed E-state index contributed by atoms with van der Waals surface area (Å²) < 4.78 is 0. The van der Waals surface area contributed by atoms with Gasteiger partial charge in [0.1, 0.15) is 11.5 Å². The van der Waals surface area contributed by atoms with E-state index in [9.17, 15) is 10.2 Å². The smallest absolute Gasteiger partial charge is 0.119 e. The Morgan fingerprint density at radius 1 is 1.04 bits per heavy atom. The number of hydrogen-bond acceptors (Lipinski definition) is 2. The fourth-order valence-electron chi connectivity index (χ4n) is 5.58. The molecule has 4 aliphatic carbocycles. The minimum atomic E-state index is 0.178. The van der Waals surface area contributed by atoms with Gasteiger partial charge in [-0.15, -0.1) is 0 Å². The average molecular weight is 449 g/mol. The number of phenols is 2. The highest BCUT2D eigenvalue weighted by atomic mass is 79.9. The predicted octanol–water partition coefficient (Wildman–Crippen LogP) is 7.47. The van der Waals surface area contributed by atoms with Gasteiger partial charge in [-0.05, 0) is 85.8 Å². The van der Waals surface area contributed by atoms with E-state index in [1.165, 1.54) is 63.9 Å². The second-order valence-electron chi connectivity index (χ2n) is 9.86. The van der Waals surface area contributed by atoms with Crippen molar-refractivity contribution in [3.8, 4) is 11.5 Å². The Labute approximate surface area is 179 Å². The zero-order chi connectivity index (χ0) is 20.4. The van der Waals surface area contributed by atoms with E-state index in [2.05, 4.69) is 42.8 Å². The van der Waals surface area contributed by atoms with Crippen molar-refractivity contribution < 1.29 is 10.2 Å². The van der Waals surface area contributed by atoms with Gasteiger partial charge < -0.3 is 10.2 Å². The van der Waals surface area contributed by atoms with Crippen LogP contribution in [0.5, 0.6) is 11.5 Å². The molecule has 1 aromatic rings. The van der Waals surface area contributed by atoms with E-state index in [1.54, 1.807) is 5.57 Å². The third-order valence-corrected chi connectivity index (χ3v) is 8.42. The van der Waals surface area contributed by atoms with Gasteiger partial charge in [0, 0.05) is 11.4 Å². The van der Waals surface area contributed by atoms with Gasteiger partial charge in [-0.1, -0.05) is 60.7 Å². The normalized spacial score (nSPS) is 26.2. The average Bonchev–Trinajstić information content (AvgIpc) is 2.60. The number of halogens is 1. The Morgan fingerprint density at radius 2 is 1.71 bits per heavy atom. The fraction of sp³-hybridized carbons (Fsp3) is 0.680. The van der Waals surface area contributed by atoms with E-state index in [1.807, 2.05) is 12.1 Å². The number of rotatable bonds is 6. The third kappa shape index (κ3) is 4.45. The van der Waals surface area contributed by atoms with E-state index in [0.717, 1.165) is 22.7 Å². The molecular formula is C25H37BrO2. The quantitative estimate of drug-likeness (QED) is 0.269. The Hall–Kier alpha value is -0.960. The van der Waals surface area contributed by atoms with Crippen molar-refractivity contribution in [3.05, 3.63) is 35.4 Å². The minimum absolute atomic E-state index is 0.178. The largest absolute Gasteiger partial charge is 0.508 e. The number of hydrogen-bond donors (Lipinski definition) is 2. The van der Waals surface area contributed by atoms with Crippen molar-refractivity contribution in [3.63, 3.8) is 0 Å². The molecule has 4 aliphatic rings. The summed E-state index contributed by atoms with van der Waals surface area (Å²) in [4.78, 5) is 0. The lowest BCUT2D eigenvalue weighted by molar-refractivity contribution is -0.00579. The van der Waals surface area contributed by atoms with Crippen LogP contribution in [0.2, 0.25) is 0 Å². The van der Waals surface area contributed by atoms with Gasteiger partial charge in [-0.25, -0.2) is 0 Å². The van der Waals surface area contributed by atoms with Crippen molar-refractivity contribution in [1.29, 1.82) is 0 Å². The molecule has 0 radical (unpaired) electrons. The molecule has 156 valence electrons. The van der Waals surface area contributed by atoms with Gasteiger partial charge in [0.05, 0.1) is 0 Å². The van der Waals surface area contributed by atoms with Crippen molar-refractivity contribution in [2.75, 3.05) is 5.33 Å². The molecule has 0 saturated heterocycles. The van der Waals surface area contributed by atoms with Gasteiger partial charge in [0.15, 0.2) is 0 Å². The molecule has 0 heterocycles. The van der Waals surface area contributed by atoms with Crippen molar-refractivity contribution in [1.82, 2.24) is 0 Å². The Morgan fingerprint density at radius 3 is 2.14 bits per heavy atom. The first-order valence-electron chi connectivity index (χ1n) is 11.0. The Bertz CT molecular complexity index is 682. The molecule has 0 amide bonds. The van der Waals surface area contributed by atoms with Gasteiger partial charge in [-0.2, -0.15) is 0 Å². The molecule has 2 atom stereocenters. The molecule has 2 N–H and O–H groups in total. The predicted molar refractivity (Wildman–Crippen MR) is 121 cm³/mol. The summed E-state index contributed by atoms with van der Waals surface area (Å²) in [5, 5.41) is 20.3. The molecule has 0 aliphatic heterocycles. The number of phenolic OH excluding ortho intramolecular Hbond substituents is 2. The van der Waals surface area contributed by atoms with Crippen molar-refractivity contribution in [2.45, 2.75) is 84.0 Å². The molecule has 2 fully saturated rings. The van der Waals surface area contributed by atoms with Crippen LogP contribution < -0.4 is 0 Å². The van der Waals surface area contributed by atoms with Crippen molar-refractivity contribution >= 4 is 15.9 Å². The first kappa shape index (κ1) is 21.7. The first-order chi connectivity index (χ1) is 13.3. The topological polar surface area (TPSA) is 40.5 Å². The first-order valence-corrected chi connectivity index (χ1v) is 12.2. The van der Waals surface area contributed by atoms with Crippen LogP contribution in [0.15, 0.2) is 29.8 Å². The summed E-state index contributed by atoms with van der Waals surface area (Å²) in [6.45, 7) is 7.13. The standard InChI is InChI=1S/C15H21BrO2.C10H16/c16-8-3-1-2-5-15(6-4-7-15)12-9-13(17)11-14(18)10-12;1-7-4-5-8-6-9(7)10(8,2)3/h9-11,17-18H,1-8H2;4,8-9H,5-6H2,1-3H3. The molecule has 3 heteroatoms. The minimum Gasteiger partial charge on any atom is -0.508 e. The maximum atomic E-state index is 9.62. The van der Waals surface area contributed by atoms with E-state index in [0.29, 0.717) is 5.41 Å². The number of aromatic hydroxyl groups is 2. The molecule has 0 spiro atoms. The number of fused-ring (bicyclic) bond motifs is 1. The van der Waals surface area contributed by atoms with Crippen LogP contribution in [0, 0.1) is 17.3 Å². The van der Waals surface area contributed by atoms with E-state index < -0.39 is 0 Å². The highest BCUT2D eigenvalue weighted by Crippen LogP contribution is 2.58. The molecule has 2 unspecified atom stereocenters. The SMILES string of the molecule is CC1=CCC2CC1C2(C)C.Oc1cc(O)cc(C2(CCCCCBr)CCC2)c1. The lowest BCUT2D eigenvalue weighted by Crippen LogP contribution is -2.47. The molecular weight excluding hydrogens is 412 g/mol.